The Morgan fingerprint density at radius 3 is 2.28 bits per heavy atom. The zero-order valence-electron chi connectivity index (χ0n) is 15.7. The van der Waals surface area contributed by atoms with Gasteiger partial charge in [0.2, 0.25) is 8.32 Å². The summed E-state index contributed by atoms with van der Waals surface area (Å²) in [5, 5.41) is 0. The number of rotatable bonds is 4. The Bertz CT molecular complexity index is 744. The van der Waals surface area contributed by atoms with Gasteiger partial charge in [-0.1, -0.05) is 42.5 Å². The molecule has 0 amide bonds. The Kier molecular flexibility index (Phi) is 5.28. The third-order valence-corrected chi connectivity index (χ3v) is 5.08. The first-order valence-corrected chi connectivity index (χ1v) is 12.5. The second-order valence-electron chi connectivity index (χ2n) is 7.63. The molecule has 3 nitrogen and oxygen atoms in total. The Labute approximate surface area is 152 Å². The number of aliphatic imine (C=N–C) groups is 1. The molecule has 132 valence electrons. The summed E-state index contributed by atoms with van der Waals surface area (Å²) in [5.74, 6) is 2.00. The van der Waals surface area contributed by atoms with Crippen molar-refractivity contribution >= 4 is 19.8 Å². The van der Waals surface area contributed by atoms with Gasteiger partial charge < -0.3 is 9.33 Å². The Morgan fingerprint density at radius 1 is 0.960 bits per heavy atom. The van der Waals surface area contributed by atoms with Gasteiger partial charge in [0.1, 0.15) is 17.3 Å². The molecule has 3 rings (SSSR count). The molecule has 0 atom stereocenters. The fraction of sp³-hybridized carbons (Fsp3) is 0.381. The van der Waals surface area contributed by atoms with Gasteiger partial charge in [0.25, 0.3) is 0 Å². The minimum Gasteiger partial charge on any atom is -0.543 e. The van der Waals surface area contributed by atoms with E-state index in [-0.39, 0.29) is 0 Å². The van der Waals surface area contributed by atoms with Crippen molar-refractivity contribution in [3.63, 3.8) is 0 Å². The molecule has 4 heteroatoms. The maximum atomic E-state index is 6.38. The molecule has 0 radical (unpaired) electrons. The van der Waals surface area contributed by atoms with Crippen LogP contribution in [0.5, 0.6) is 5.75 Å². The molecule has 1 heterocycles. The van der Waals surface area contributed by atoms with Crippen LogP contribution in [0.4, 0.5) is 5.69 Å². The van der Waals surface area contributed by atoms with E-state index in [1.807, 2.05) is 0 Å². The SMILES string of the molecule is Cc1cccc(N=C(c2ccccc2)N2CCCC2)c1O[Si](C)(C)C. The lowest BCUT2D eigenvalue weighted by Crippen LogP contribution is -2.30. The van der Waals surface area contributed by atoms with Crippen LogP contribution < -0.4 is 4.43 Å². The number of aryl methyl sites for hydroxylation is 1. The number of likely N-dealkylation sites (tertiary alicyclic amines) is 1. The van der Waals surface area contributed by atoms with Crippen molar-refractivity contribution in [3.8, 4) is 5.75 Å². The summed E-state index contributed by atoms with van der Waals surface area (Å²) in [5.41, 5.74) is 3.26. The topological polar surface area (TPSA) is 24.8 Å². The Balaban J connectivity index is 2.07. The van der Waals surface area contributed by atoms with Crippen molar-refractivity contribution in [1.82, 2.24) is 4.90 Å². The van der Waals surface area contributed by atoms with Crippen LogP contribution in [-0.4, -0.2) is 32.1 Å². The second-order valence-corrected chi connectivity index (χ2v) is 12.1. The maximum absolute atomic E-state index is 6.38. The summed E-state index contributed by atoms with van der Waals surface area (Å²) in [6, 6.07) is 16.7. The van der Waals surface area contributed by atoms with Gasteiger partial charge in [0.05, 0.1) is 0 Å². The number of hydrogen-bond acceptors (Lipinski definition) is 2. The highest BCUT2D eigenvalue weighted by Crippen LogP contribution is 2.34. The first-order chi connectivity index (χ1) is 11.9. The first kappa shape index (κ1) is 17.7. The van der Waals surface area contributed by atoms with E-state index in [4.69, 9.17) is 9.42 Å². The van der Waals surface area contributed by atoms with Crippen LogP contribution in [0.3, 0.4) is 0 Å². The van der Waals surface area contributed by atoms with Crippen molar-refractivity contribution < 1.29 is 4.43 Å². The zero-order chi connectivity index (χ0) is 17.9. The molecule has 0 N–H and O–H groups in total. The van der Waals surface area contributed by atoms with E-state index >= 15 is 0 Å². The molecule has 0 bridgehead atoms. The fourth-order valence-corrected chi connectivity index (χ4v) is 3.99. The number of para-hydroxylation sites is 1. The molecule has 0 unspecified atom stereocenters. The van der Waals surface area contributed by atoms with Crippen LogP contribution in [0.15, 0.2) is 53.5 Å². The maximum Gasteiger partial charge on any atom is 0.242 e. The fourth-order valence-electron chi connectivity index (χ4n) is 3.11. The van der Waals surface area contributed by atoms with Crippen LogP contribution in [0, 0.1) is 6.92 Å². The molecule has 1 aliphatic heterocycles. The summed E-state index contributed by atoms with van der Waals surface area (Å²) < 4.78 is 6.38. The Morgan fingerprint density at radius 2 is 1.64 bits per heavy atom. The summed E-state index contributed by atoms with van der Waals surface area (Å²) >= 11 is 0. The largest absolute Gasteiger partial charge is 0.543 e. The zero-order valence-corrected chi connectivity index (χ0v) is 16.7. The molecule has 0 aromatic heterocycles. The summed E-state index contributed by atoms with van der Waals surface area (Å²) in [7, 11) is -1.71. The molecule has 0 spiro atoms. The minimum atomic E-state index is -1.71. The highest BCUT2D eigenvalue weighted by molar-refractivity contribution is 6.70. The third-order valence-electron chi connectivity index (χ3n) is 4.26. The number of amidine groups is 1. The van der Waals surface area contributed by atoms with Gasteiger partial charge in [-0.05, 0) is 51.0 Å². The van der Waals surface area contributed by atoms with Gasteiger partial charge in [-0.2, -0.15) is 0 Å². The van der Waals surface area contributed by atoms with Gasteiger partial charge in [-0.3, -0.25) is 0 Å². The molecule has 1 aliphatic rings. The minimum absolute atomic E-state index is 0.938. The number of benzene rings is 2. The smallest absolute Gasteiger partial charge is 0.242 e. The van der Waals surface area contributed by atoms with E-state index in [1.165, 1.54) is 18.4 Å². The molecule has 0 saturated carbocycles. The normalized spacial score (nSPS) is 15.5. The predicted octanol–water partition coefficient (Wildman–Crippen LogP) is 5.38. The van der Waals surface area contributed by atoms with E-state index < -0.39 is 8.32 Å². The van der Waals surface area contributed by atoms with E-state index in [0.717, 1.165) is 35.9 Å². The average Bonchev–Trinajstić information content (AvgIpc) is 3.09. The van der Waals surface area contributed by atoms with Crippen LogP contribution >= 0.6 is 0 Å². The monoisotopic (exact) mass is 352 g/mol. The quantitative estimate of drug-likeness (QED) is 0.419. The van der Waals surface area contributed by atoms with Crippen LogP contribution in [0.25, 0.3) is 0 Å². The van der Waals surface area contributed by atoms with Crippen molar-refractivity contribution in [2.45, 2.75) is 39.4 Å². The van der Waals surface area contributed by atoms with Crippen LogP contribution in [0.1, 0.15) is 24.0 Å². The first-order valence-electron chi connectivity index (χ1n) is 9.12. The second kappa shape index (κ2) is 7.44. The van der Waals surface area contributed by atoms with Crippen LogP contribution in [-0.2, 0) is 0 Å². The summed E-state index contributed by atoms with van der Waals surface area (Å²) in [4.78, 5) is 7.49. The molecular formula is C21H28N2OSi. The van der Waals surface area contributed by atoms with Crippen LogP contribution in [0.2, 0.25) is 19.6 Å². The van der Waals surface area contributed by atoms with Crippen molar-refractivity contribution in [2.24, 2.45) is 4.99 Å². The lowest BCUT2D eigenvalue weighted by Gasteiger charge is -2.24. The Hall–Kier alpha value is -2.07. The number of hydrogen-bond donors (Lipinski definition) is 0. The summed E-state index contributed by atoms with van der Waals surface area (Å²) in [6.07, 6.45) is 2.47. The lowest BCUT2D eigenvalue weighted by molar-refractivity contribution is 0.519. The van der Waals surface area contributed by atoms with Gasteiger partial charge in [-0.25, -0.2) is 4.99 Å². The highest BCUT2D eigenvalue weighted by atomic mass is 28.4. The van der Waals surface area contributed by atoms with Gasteiger partial charge in [-0.15, -0.1) is 0 Å². The summed E-state index contributed by atoms with van der Waals surface area (Å²) in [6.45, 7) is 10.9. The van der Waals surface area contributed by atoms with E-state index in [9.17, 15) is 0 Å². The highest BCUT2D eigenvalue weighted by Gasteiger charge is 2.22. The molecule has 1 fully saturated rings. The van der Waals surface area contributed by atoms with Gasteiger partial charge in [0, 0.05) is 18.7 Å². The third kappa shape index (κ3) is 4.51. The standard InChI is InChI=1S/C21H28N2OSi/c1-17-11-10-14-19(20(17)24-25(2,3)4)22-21(23-15-8-9-16-23)18-12-6-5-7-13-18/h5-7,10-14H,8-9,15-16H2,1-4H3. The van der Waals surface area contributed by atoms with Crippen molar-refractivity contribution in [2.75, 3.05) is 13.1 Å². The van der Waals surface area contributed by atoms with E-state index in [2.05, 4.69) is 80.0 Å². The van der Waals surface area contributed by atoms with Gasteiger partial charge in [0.15, 0.2) is 0 Å². The van der Waals surface area contributed by atoms with Gasteiger partial charge >= 0.3 is 0 Å². The lowest BCUT2D eigenvalue weighted by atomic mass is 10.1. The number of nitrogens with zero attached hydrogens (tertiary/aromatic N) is 2. The molecule has 1 saturated heterocycles. The molecule has 2 aromatic rings. The van der Waals surface area contributed by atoms with E-state index in [0.29, 0.717) is 0 Å². The molecule has 25 heavy (non-hydrogen) atoms. The predicted molar refractivity (Wildman–Crippen MR) is 109 cm³/mol. The average molecular weight is 353 g/mol. The molecular weight excluding hydrogens is 324 g/mol. The van der Waals surface area contributed by atoms with Crippen molar-refractivity contribution in [1.29, 1.82) is 0 Å². The molecule has 2 aromatic carbocycles. The molecule has 0 aliphatic carbocycles. The van der Waals surface area contributed by atoms with Crippen molar-refractivity contribution in [3.05, 3.63) is 59.7 Å². The van der Waals surface area contributed by atoms with E-state index in [1.54, 1.807) is 0 Å².